The van der Waals surface area contributed by atoms with Crippen molar-refractivity contribution < 1.29 is 14.3 Å². The Bertz CT molecular complexity index is 806. The number of nitrogens with one attached hydrogen (secondary N) is 2. The molecule has 2 atom stereocenters. The van der Waals surface area contributed by atoms with E-state index in [4.69, 9.17) is 4.74 Å². The predicted molar refractivity (Wildman–Crippen MR) is 141 cm³/mol. The molecule has 0 bridgehead atoms. The third kappa shape index (κ3) is 11.9. The summed E-state index contributed by atoms with van der Waals surface area (Å²) in [6, 6.07) is 17.2. The van der Waals surface area contributed by atoms with Crippen LogP contribution in [0.2, 0.25) is 0 Å². The summed E-state index contributed by atoms with van der Waals surface area (Å²) in [6.07, 6.45) is 4.94. The molecule has 2 aromatic carbocycles. The molecule has 34 heavy (non-hydrogen) atoms. The number of amides is 2. The number of carbonyl (C=O) groups excluding carboxylic acids is 2. The second-order valence-electron chi connectivity index (χ2n) is 8.46. The first-order valence-electron chi connectivity index (χ1n) is 12.8. The first-order chi connectivity index (χ1) is 16.5. The maximum Gasteiger partial charge on any atom is 0.224 e. The quantitative estimate of drug-likeness (QED) is 0.345. The number of ether oxygens (including phenoxy) is 1. The molecule has 0 aromatic heterocycles. The van der Waals surface area contributed by atoms with E-state index >= 15 is 0 Å². The minimum absolute atomic E-state index is 0.0130. The van der Waals surface area contributed by atoms with E-state index in [1.54, 1.807) is 0 Å². The average molecular weight is 469 g/mol. The van der Waals surface area contributed by atoms with E-state index in [1.807, 2.05) is 68.4 Å². The largest absolute Gasteiger partial charge is 0.493 e. The third-order valence-electron chi connectivity index (χ3n) is 5.40. The van der Waals surface area contributed by atoms with Gasteiger partial charge in [0.1, 0.15) is 5.75 Å². The summed E-state index contributed by atoms with van der Waals surface area (Å²) in [5, 5.41) is 6.05. The number of unbranched alkanes of at least 4 members (excludes halogenated alkanes) is 1. The summed E-state index contributed by atoms with van der Waals surface area (Å²) < 4.78 is 5.90. The zero-order chi connectivity index (χ0) is 25.2. The topological polar surface area (TPSA) is 67.4 Å². The second kappa shape index (κ2) is 17.6. The van der Waals surface area contributed by atoms with Gasteiger partial charge in [-0.05, 0) is 42.0 Å². The van der Waals surface area contributed by atoms with E-state index in [-0.39, 0.29) is 17.9 Å². The molecule has 0 heterocycles. The normalized spacial score (nSPS) is 12.0. The standard InChI is InChI=1S/C27H38N2O3.C2H6/c1-4-6-13-26(30)28-19-25(29-27(31)18-22-11-8-7-9-12-22)23-14-16-24(17-15-23)32-20-21(3)10-5-2;1-2/h7-9,11-12,14-17,21,25H,4-6,10,13,18-20H2,1-3H3,(H,28,30)(H,29,31);1-2H3/t21?,25-;/m0./s1. The van der Waals surface area contributed by atoms with E-state index in [2.05, 4.69) is 31.4 Å². The van der Waals surface area contributed by atoms with Crippen LogP contribution in [-0.2, 0) is 16.0 Å². The highest BCUT2D eigenvalue weighted by atomic mass is 16.5. The first kappa shape index (κ1) is 29.2. The highest BCUT2D eigenvalue weighted by Gasteiger charge is 2.16. The summed E-state index contributed by atoms with van der Waals surface area (Å²) in [5.41, 5.74) is 1.90. The van der Waals surface area contributed by atoms with Crippen molar-refractivity contribution in [1.29, 1.82) is 0 Å². The van der Waals surface area contributed by atoms with Gasteiger partial charge in [0.2, 0.25) is 11.8 Å². The predicted octanol–water partition coefficient (Wildman–Crippen LogP) is 6.23. The molecular formula is C29H44N2O3. The Morgan fingerprint density at radius 2 is 1.59 bits per heavy atom. The average Bonchev–Trinajstić information content (AvgIpc) is 2.86. The van der Waals surface area contributed by atoms with E-state index in [1.165, 1.54) is 0 Å². The van der Waals surface area contributed by atoms with Crippen molar-refractivity contribution in [3.8, 4) is 5.75 Å². The molecule has 0 fully saturated rings. The smallest absolute Gasteiger partial charge is 0.224 e. The molecule has 0 aliphatic rings. The van der Waals surface area contributed by atoms with E-state index in [0.717, 1.165) is 42.6 Å². The summed E-state index contributed by atoms with van der Waals surface area (Å²) in [4.78, 5) is 24.8. The molecular weight excluding hydrogens is 424 g/mol. The van der Waals surface area contributed by atoms with Crippen LogP contribution in [0, 0.1) is 5.92 Å². The van der Waals surface area contributed by atoms with Gasteiger partial charge in [0.15, 0.2) is 0 Å². The van der Waals surface area contributed by atoms with Crippen LogP contribution in [0.15, 0.2) is 54.6 Å². The minimum Gasteiger partial charge on any atom is -0.493 e. The molecule has 5 nitrogen and oxygen atoms in total. The van der Waals surface area contributed by atoms with Gasteiger partial charge in [-0.15, -0.1) is 0 Å². The molecule has 2 amide bonds. The lowest BCUT2D eigenvalue weighted by molar-refractivity contribution is -0.123. The first-order valence-corrected chi connectivity index (χ1v) is 12.8. The van der Waals surface area contributed by atoms with E-state index < -0.39 is 0 Å². The van der Waals surface area contributed by atoms with Gasteiger partial charge in [-0.25, -0.2) is 0 Å². The lowest BCUT2D eigenvalue weighted by atomic mass is 10.0. The fraction of sp³-hybridized carbons (Fsp3) is 0.517. The highest BCUT2D eigenvalue weighted by Crippen LogP contribution is 2.19. The third-order valence-corrected chi connectivity index (χ3v) is 5.40. The minimum atomic E-state index is -0.301. The highest BCUT2D eigenvalue weighted by molar-refractivity contribution is 5.79. The van der Waals surface area contributed by atoms with Gasteiger partial charge in [-0.3, -0.25) is 9.59 Å². The van der Waals surface area contributed by atoms with Crippen molar-refractivity contribution in [2.24, 2.45) is 5.92 Å². The Hall–Kier alpha value is -2.82. The van der Waals surface area contributed by atoms with Crippen molar-refractivity contribution in [2.75, 3.05) is 13.2 Å². The maximum absolute atomic E-state index is 12.7. The van der Waals surface area contributed by atoms with Gasteiger partial charge < -0.3 is 15.4 Å². The zero-order valence-electron chi connectivity index (χ0n) is 21.7. The van der Waals surface area contributed by atoms with Crippen molar-refractivity contribution in [1.82, 2.24) is 10.6 Å². The van der Waals surface area contributed by atoms with Crippen LogP contribution in [-0.4, -0.2) is 25.0 Å². The summed E-state index contributed by atoms with van der Waals surface area (Å²) in [6.45, 7) is 11.5. The number of hydrogen-bond acceptors (Lipinski definition) is 3. The van der Waals surface area contributed by atoms with Crippen molar-refractivity contribution in [3.63, 3.8) is 0 Å². The number of hydrogen-bond donors (Lipinski definition) is 2. The van der Waals surface area contributed by atoms with Gasteiger partial charge in [0.05, 0.1) is 19.1 Å². The number of carbonyl (C=O) groups is 2. The molecule has 2 rings (SSSR count). The summed E-state index contributed by atoms with van der Waals surface area (Å²) in [7, 11) is 0. The second-order valence-corrected chi connectivity index (χ2v) is 8.46. The summed E-state index contributed by atoms with van der Waals surface area (Å²) in [5.74, 6) is 1.28. The van der Waals surface area contributed by atoms with Crippen molar-refractivity contribution >= 4 is 11.8 Å². The Morgan fingerprint density at radius 1 is 0.912 bits per heavy atom. The number of rotatable bonds is 14. The SMILES string of the molecule is CC.CCCCC(=O)NC[C@H](NC(=O)Cc1ccccc1)c1ccc(OCC(C)CCC)cc1. The maximum atomic E-state index is 12.7. The van der Waals surface area contributed by atoms with Gasteiger partial charge in [0.25, 0.3) is 0 Å². The molecule has 2 N–H and O–H groups in total. The van der Waals surface area contributed by atoms with Crippen LogP contribution in [0.3, 0.4) is 0 Å². The Labute approximate surface area is 206 Å². The van der Waals surface area contributed by atoms with E-state index in [0.29, 0.717) is 31.9 Å². The molecule has 0 aliphatic heterocycles. The van der Waals surface area contributed by atoms with Crippen LogP contribution in [0.5, 0.6) is 5.75 Å². The van der Waals surface area contributed by atoms with Gasteiger partial charge in [-0.2, -0.15) is 0 Å². The molecule has 5 heteroatoms. The van der Waals surface area contributed by atoms with Crippen LogP contribution >= 0.6 is 0 Å². The Morgan fingerprint density at radius 3 is 2.21 bits per heavy atom. The molecule has 188 valence electrons. The van der Waals surface area contributed by atoms with Crippen LogP contribution in [0.1, 0.15) is 83.9 Å². The summed E-state index contributed by atoms with van der Waals surface area (Å²) >= 11 is 0. The number of benzene rings is 2. The molecule has 0 saturated carbocycles. The van der Waals surface area contributed by atoms with Gasteiger partial charge in [-0.1, -0.05) is 89.9 Å². The van der Waals surface area contributed by atoms with E-state index in [9.17, 15) is 9.59 Å². The van der Waals surface area contributed by atoms with Gasteiger partial charge >= 0.3 is 0 Å². The fourth-order valence-corrected chi connectivity index (χ4v) is 3.53. The Kier molecular flexibility index (Phi) is 15.1. The van der Waals surface area contributed by atoms with Gasteiger partial charge in [0, 0.05) is 13.0 Å². The molecule has 0 spiro atoms. The van der Waals surface area contributed by atoms with Crippen LogP contribution in [0.25, 0.3) is 0 Å². The van der Waals surface area contributed by atoms with Crippen molar-refractivity contribution in [2.45, 2.75) is 79.2 Å². The molecule has 0 radical (unpaired) electrons. The molecule has 0 saturated heterocycles. The fourth-order valence-electron chi connectivity index (χ4n) is 3.53. The zero-order valence-corrected chi connectivity index (χ0v) is 21.7. The Balaban J connectivity index is 0.00000281. The lowest BCUT2D eigenvalue weighted by Gasteiger charge is -2.21. The van der Waals surface area contributed by atoms with Crippen LogP contribution < -0.4 is 15.4 Å². The molecule has 2 aromatic rings. The monoisotopic (exact) mass is 468 g/mol. The van der Waals surface area contributed by atoms with Crippen molar-refractivity contribution in [3.05, 3.63) is 65.7 Å². The molecule has 0 aliphatic carbocycles. The lowest BCUT2D eigenvalue weighted by Crippen LogP contribution is -2.38. The molecule has 1 unspecified atom stereocenters. The van der Waals surface area contributed by atoms with Crippen LogP contribution in [0.4, 0.5) is 0 Å².